The summed E-state index contributed by atoms with van der Waals surface area (Å²) in [5, 5.41) is 3.23. The highest BCUT2D eigenvalue weighted by Gasteiger charge is 2.15. The second-order valence-corrected chi connectivity index (χ2v) is 6.65. The summed E-state index contributed by atoms with van der Waals surface area (Å²) in [6.45, 7) is 6.22. The molecule has 0 amide bonds. The molecule has 0 saturated carbocycles. The van der Waals surface area contributed by atoms with Gasteiger partial charge in [0.05, 0.1) is 16.3 Å². The molecule has 1 unspecified atom stereocenters. The van der Waals surface area contributed by atoms with Gasteiger partial charge in [-0.25, -0.2) is 8.42 Å². The Hall–Kier alpha value is -1.23. The van der Waals surface area contributed by atoms with Crippen molar-refractivity contribution in [2.45, 2.75) is 31.7 Å². The van der Waals surface area contributed by atoms with Crippen molar-refractivity contribution in [3.63, 3.8) is 0 Å². The number of nitrogen functional groups attached to an aromatic ring is 1. The standard InChI is InChI=1S/C12H20N2O2S/c1-8(2)9(3)14-10-6-5-7-11(12(10)13)17(4,15)16/h5-9,14H,13H2,1-4H3. The zero-order valence-electron chi connectivity index (χ0n) is 10.7. The highest BCUT2D eigenvalue weighted by molar-refractivity contribution is 7.90. The van der Waals surface area contributed by atoms with Crippen molar-refractivity contribution in [1.29, 1.82) is 0 Å². The Morgan fingerprint density at radius 3 is 2.29 bits per heavy atom. The molecule has 4 nitrogen and oxygen atoms in total. The molecule has 1 atom stereocenters. The summed E-state index contributed by atoms with van der Waals surface area (Å²) in [5.41, 5.74) is 6.85. The second-order valence-electron chi connectivity index (χ2n) is 4.67. The molecule has 0 aromatic heterocycles. The van der Waals surface area contributed by atoms with E-state index in [1.807, 2.05) is 6.92 Å². The minimum Gasteiger partial charge on any atom is -0.396 e. The fraction of sp³-hybridized carbons (Fsp3) is 0.500. The zero-order chi connectivity index (χ0) is 13.2. The fourth-order valence-corrected chi connectivity index (χ4v) is 2.24. The van der Waals surface area contributed by atoms with Gasteiger partial charge in [-0.15, -0.1) is 0 Å². The zero-order valence-corrected chi connectivity index (χ0v) is 11.5. The van der Waals surface area contributed by atoms with Crippen molar-refractivity contribution in [1.82, 2.24) is 0 Å². The maximum absolute atomic E-state index is 11.5. The van der Waals surface area contributed by atoms with E-state index < -0.39 is 9.84 Å². The minimum absolute atomic E-state index is 0.179. The molecule has 17 heavy (non-hydrogen) atoms. The Bertz CT molecular complexity index is 495. The van der Waals surface area contributed by atoms with Gasteiger partial charge in [0.1, 0.15) is 0 Å². The van der Waals surface area contributed by atoms with Crippen molar-refractivity contribution in [2.75, 3.05) is 17.3 Å². The number of hydrogen-bond donors (Lipinski definition) is 2. The number of nitrogens with one attached hydrogen (secondary N) is 1. The van der Waals surface area contributed by atoms with E-state index in [9.17, 15) is 8.42 Å². The van der Waals surface area contributed by atoms with Crippen molar-refractivity contribution in [3.05, 3.63) is 18.2 Å². The van der Waals surface area contributed by atoms with Crippen LogP contribution in [0.5, 0.6) is 0 Å². The van der Waals surface area contributed by atoms with Crippen LogP contribution in [0.15, 0.2) is 23.1 Å². The number of para-hydroxylation sites is 1. The van der Waals surface area contributed by atoms with Gasteiger partial charge in [-0.3, -0.25) is 0 Å². The van der Waals surface area contributed by atoms with Gasteiger partial charge >= 0.3 is 0 Å². The van der Waals surface area contributed by atoms with Gasteiger partial charge in [-0.05, 0) is 25.0 Å². The molecule has 96 valence electrons. The van der Waals surface area contributed by atoms with Crippen LogP contribution < -0.4 is 11.1 Å². The molecular weight excluding hydrogens is 236 g/mol. The quantitative estimate of drug-likeness (QED) is 0.809. The monoisotopic (exact) mass is 256 g/mol. The Labute approximate surface area is 103 Å². The summed E-state index contributed by atoms with van der Waals surface area (Å²) in [6.07, 6.45) is 1.16. The Balaban J connectivity index is 3.12. The summed E-state index contributed by atoms with van der Waals surface area (Å²) in [6, 6.07) is 5.24. The van der Waals surface area contributed by atoms with Crippen LogP contribution >= 0.6 is 0 Å². The van der Waals surface area contributed by atoms with Crippen molar-refractivity contribution < 1.29 is 8.42 Å². The molecule has 0 fully saturated rings. The van der Waals surface area contributed by atoms with Gasteiger partial charge in [0.15, 0.2) is 9.84 Å². The molecule has 0 heterocycles. The Morgan fingerprint density at radius 2 is 1.82 bits per heavy atom. The molecule has 1 aromatic rings. The van der Waals surface area contributed by atoms with Crippen LogP contribution in [0.2, 0.25) is 0 Å². The molecule has 0 radical (unpaired) electrons. The van der Waals surface area contributed by atoms with Gasteiger partial charge in [-0.1, -0.05) is 19.9 Å². The van der Waals surface area contributed by atoms with Gasteiger partial charge in [-0.2, -0.15) is 0 Å². The maximum atomic E-state index is 11.5. The number of anilines is 2. The highest BCUT2D eigenvalue weighted by atomic mass is 32.2. The van der Waals surface area contributed by atoms with Crippen LogP contribution in [-0.4, -0.2) is 20.7 Å². The predicted octanol–water partition coefficient (Wildman–Crippen LogP) is 2.13. The molecule has 5 heteroatoms. The second kappa shape index (κ2) is 4.96. The third kappa shape index (κ3) is 3.36. The fourth-order valence-electron chi connectivity index (χ4n) is 1.41. The first-order chi connectivity index (χ1) is 7.73. The first-order valence-corrected chi connectivity index (χ1v) is 7.47. The molecular formula is C12H20N2O2S. The number of nitrogens with two attached hydrogens (primary N) is 1. The summed E-state index contributed by atoms with van der Waals surface area (Å²) < 4.78 is 23.0. The SMILES string of the molecule is CC(C)C(C)Nc1cccc(S(C)(=O)=O)c1N. The van der Waals surface area contributed by atoms with E-state index in [1.165, 1.54) is 6.07 Å². The third-order valence-electron chi connectivity index (χ3n) is 2.85. The normalized spacial score (nSPS) is 13.7. The van der Waals surface area contributed by atoms with Crippen LogP contribution in [0.3, 0.4) is 0 Å². The van der Waals surface area contributed by atoms with Crippen molar-refractivity contribution >= 4 is 21.2 Å². The molecule has 1 rings (SSSR count). The van der Waals surface area contributed by atoms with E-state index in [0.29, 0.717) is 17.3 Å². The van der Waals surface area contributed by atoms with Crippen LogP contribution in [0.4, 0.5) is 11.4 Å². The smallest absolute Gasteiger partial charge is 0.177 e. The van der Waals surface area contributed by atoms with Gasteiger partial charge < -0.3 is 11.1 Å². The lowest BCUT2D eigenvalue weighted by Gasteiger charge is -2.20. The average Bonchev–Trinajstić information content (AvgIpc) is 2.19. The summed E-state index contributed by atoms with van der Waals surface area (Å²) in [5.74, 6) is 0.441. The topological polar surface area (TPSA) is 72.2 Å². The van der Waals surface area contributed by atoms with E-state index >= 15 is 0 Å². The summed E-state index contributed by atoms with van der Waals surface area (Å²) in [4.78, 5) is 0.179. The van der Waals surface area contributed by atoms with Gasteiger partial charge in [0.25, 0.3) is 0 Å². The van der Waals surface area contributed by atoms with Crippen LogP contribution in [0, 0.1) is 5.92 Å². The lowest BCUT2D eigenvalue weighted by atomic mass is 10.1. The van der Waals surface area contributed by atoms with Crippen LogP contribution in [0.1, 0.15) is 20.8 Å². The molecule has 0 spiro atoms. The number of sulfone groups is 1. The Kier molecular flexibility index (Phi) is 4.03. The molecule has 0 bridgehead atoms. The molecule has 0 saturated heterocycles. The highest BCUT2D eigenvalue weighted by Crippen LogP contribution is 2.27. The third-order valence-corrected chi connectivity index (χ3v) is 4.00. The Morgan fingerprint density at radius 1 is 1.24 bits per heavy atom. The van der Waals surface area contributed by atoms with E-state index in [1.54, 1.807) is 12.1 Å². The van der Waals surface area contributed by atoms with E-state index in [2.05, 4.69) is 19.2 Å². The largest absolute Gasteiger partial charge is 0.396 e. The van der Waals surface area contributed by atoms with Gasteiger partial charge in [0.2, 0.25) is 0 Å². The molecule has 3 N–H and O–H groups in total. The minimum atomic E-state index is -3.28. The van der Waals surface area contributed by atoms with E-state index in [4.69, 9.17) is 5.73 Å². The van der Waals surface area contributed by atoms with Crippen LogP contribution in [-0.2, 0) is 9.84 Å². The van der Waals surface area contributed by atoms with Crippen LogP contribution in [0.25, 0.3) is 0 Å². The lowest BCUT2D eigenvalue weighted by molar-refractivity contribution is 0.560. The number of rotatable bonds is 4. The first kappa shape index (κ1) is 13.8. The summed E-state index contributed by atoms with van der Waals surface area (Å²) >= 11 is 0. The number of hydrogen-bond acceptors (Lipinski definition) is 4. The molecule has 0 aliphatic heterocycles. The summed E-state index contributed by atoms with van der Waals surface area (Å²) in [7, 11) is -3.28. The molecule has 0 aliphatic carbocycles. The van der Waals surface area contributed by atoms with Crippen molar-refractivity contribution in [2.24, 2.45) is 5.92 Å². The van der Waals surface area contributed by atoms with Gasteiger partial charge in [0, 0.05) is 12.3 Å². The van der Waals surface area contributed by atoms with E-state index in [-0.39, 0.29) is 10.9 Å². The first-order valence-electron chi connectivity index (χ1n) is 5.58. The lowest BCUT2D eigenvalue weighted by Crippen LogP contribution is -2.22. The average molecular weight is 256 g/mol. The maximum Gasteiger partial charge on any atom is 0.177 e. The predicted molar refractivity (Wildman–Crippen MR) is 71.9 cm³/mol. The molecule has 0 aliphatic rings. The van der Waals surface area contributed by atoms with E-state index in [0.717, 1.165) is 6.26 Å². The van der Waals surface area contributed by atoms with Crippen molar-refractivity contribution in [3.8, 4) is 0 Å². The molecule has 1 aromatic carbocycles. The number of benzene rings is 1.